The Labute approximate surface area is 190 Å². The molecule has 5 rings (SSSR count). The fourth-order valence-electron chi connectivity index (χ4n) is 4.16. The van der Waals surface area contributed by atoms with Crippen LogP contribution in [0.2, 0.25) is 0 Å². The van der Waals surface area contributed by atoms with Crippen LogP contribution in [0, 0.1) is 0 Å². The molecule has 3 aromatic rings. The fraction of sp³-hybridized carbons (Fsp3) is 0.409. The molecule has 1 aromatic carbocycles. The molecule has 1 amide bonds. The van der Waals surface area contributed by atoms with Gasteiger partial charge < -0.3 is 34.3 Å². The summed E-state index contributed by atoms with van der Waals surface area (Å²) < 4.78 is 7.20. The van der Waals surface area contributed by atoms with Crippen molar-refractivity contribution in [2.24, 2.45) is 0 Å². The van der Waals surface area contributed by atoms with Crippen molar-refractivity contribution in [2.75, 3.05) is 50.8 Å². The van der Waals surface area contributed by atoms with E-state index in [1.165, 1.54) is 0 Å². The number of piperazine rings is 1. The fourth-order valence-corrected chi connectivity index (χ4v) is 4.16. The Morgan fingerprint density at radius 2 is 2.09 bits per heavy atom. The summed E-state index contributed by atoms with van der Waals surface area (Å²) in [5.74, 6) is 1.14. The number of carbonyl (C=O) groups excluding carboxylic acids is 2. The molecule has 2 saturated heterocycles. The van der Waals surface area contributed by atoms with Crippen molar-refractivity contribution in [2.45, 2.75) is 12.6 Å². The lowest BCUT2D eigenvalue weighted by molar-refractivity contribution is -0.133. The third-order valence-electron chi connectivity index (χ3n) is 5.89. The standard InChI is InChI=1S/C22H25N7O4/c30-13-16-11-28(5-4-23-16)18(32)12-29-14-24-19-21(27-6-8-33-9-7-27)25-20(26-22(19)29)15-2-1-3-17(31)10-15/h1-3,10,13-14,16,23,31H,4-9,11-12H2. The highest BCUT2D eigenvalue weighted by molar-refractivity contribution is 5.87. The first-order valence-corrected chi connectivity index (χ1v) is 10.9. The highest BCUT2D eigenvalue weighted by atomic mass is 16.5. The Balaban J connectivity index is 1.52. The van der Waals surface area contributed by atoms with Crippen molar-refractivity contribution >= 4 is 29.2 Å². The molecule has 1 atom stereocenters. The molecule has 2 aromatic heterocycles. The number of benzene rings is 1. The second kappa shape index (κ2) is 9.12. The molecule has 11 nitrogen and oxygen atoms in total. The average molecular weight is 451 g/mol. The smallest absolute Gasteiger partial charge is 0.242 e. The summed E-state index contributed by atoms with van der Waals surface area (Å²) in [5, 5.41) is 13.0. The van der Waals surface area contributed by atoms with Crippen molar-refractivity contribution in [3.8, 4) is 17.1 Å². The number of aldehydes is 1. The summed E-state index contributed by atoms with van der Waals surface area (Å²) in [5.41, 5.74) is 1.82. The first kappa shape index (κ1) is 21.3. The summed E-state index contributed by atoms with van der Waals surface area (Å²) in [4.78, 5) is 41.9. The molecule has 2 aliphatic heterocycles. The van der Waals surface area contributed by atoms with E-state index in [0.29, 0.717) is 74.3 Å². The minimum Gasteiger partial charge on any atom is -0.508 e. The zero-order chi connectivity index (χ0) is 22.8. The molecule has 2 N–H and O–H groups in total. The van der Waals surface area contributed by atoms with Crippen LogP contribution >= 0.6 is 0 Å². The number of ether oxygens (including phenoxy) is 1. The summed E-state index contributed by atoms with van der Waals surface area (Å²) >= 11 is 0. The van der Waals surface area contributed by atoms with Crippen molar-refractivity contribution < 1.29 is 19.4 Å². The second-order valence-corrected chi connectivity index (χ2v) is 8.10. The molecule has 1 unspecified atom stereocenters. The van der Waals surface area contributed by atoms with Crippen LogP contribution in [-0.4, -0.2) is 93.7 Å². The average Bonchev–Trinajstić information content (AvgIpc) is 3.26. The van der Waals surface area contributed by atoms with Gasteiger partial charge in [0, 0.05) is 38.3 Å². The minimum atomic E-state index is -0.352. The number of imidazole rings is 1. The van der Waals surface area contributed by atoms with E-state index in [4.69, 9.17) is 14.7 Å². The summed E-state index contributed by atoms with van der Waals surface area (Å²) in [6.07, 6.45) is 2.43. The lowest BCUT2D eigenvalue weighted by atomic mass is 10.2. The van der Waals surface area contributed by atoms with E-state index in [9.17, 15) is 14.7 Å². The molecule has 33 heavy (non-hydrogen) atoms. The molecule has 0 bridgehead atoms. The number of hydrogen-bond acceptors (Lipinski definition) is 9. The molecule has 2 aliphatic rings. The highest BCUT2D eigenvalue weighted by Crippen LogP contribution is 2.28. The third kappa shape index (κ3) is 4.37. The van der Waals surface area contributed by atoms with Gasteiger partial charge in [0.2, 0.25) is 5.91 Å². The number of fused-ring (bicyclic) bond motifs is 1. The molecule has 0 radical (unpaired) electrons. The minimum absolute atomic E-state index is 0.0567. The van der Waals surface area contributed by atoms with E-state index in [-0.39, 0.29) is 24.2 Å². The maximum absolute atomic E-state index is 13.0. The summed E-state index contributed by atoms with van der Waals surface area (Å²) in [7, 11) is 0. The molecule has 172 valence electrons. The summed E-state index contributed by atoms with van der Waals surface area (Å²) in [6, 6.07) is 6.41. The number of carbonyl (C=O) groups is 2. The Kier molecular flexibility index (Phi) is 5.88. The van der Waals surface area contributed by atoms with Crippen LogP contribution in [0.1, 0.15) is 0 Å². The Morgan fingerprint density at radius 1 is 1.24 bits per heavy atom. The largest absolute Gasteiger partial charge is 0.508 e. The van der Waals surface area contributed by atoms with Gasteiger partial charge in [0.25, 0.3) is 0 Å². The van der Waals surface area contributed by atoms with Crippen molar-refractivity contribution in [1.82, 2.24) is 29.7 Å². The van der Waals surface area contributed by atoms with Gasteiger partial charge in [0.1, 0.15) is 18.6 Å². The number of morpholine rings is 1. The predicted octanol–water partition coefficient (Wildman–Crippen LogP) is 0.0348. The number of aromatic hydroxyl groups is 1. The zero-order valence-electron chi connectivity index (χ0n) is 18.1. The molecule has 4 heterocycles. The van der Waals surface area contributed by atoms with Crippen LogP contribution in [0.4, 0.5) is 5.82 Å². The van der Waals surface area contributed by atoms with E-state index >= 15 is 0 Å². The number of rotatable bonds is 5. The van der Waals surface area contributed by atoms with Crippen LogP contribution < -0.4 is 10.2 Å². The number of nitrogens with zero attached hydrogens (tertiary/aromatic N) is 6. The molecular formula is C22H25N7O4. The van der Waals surface area contributed by atoms with E-state index in [0.717, 1.165) is 6.29 Å². The Bertz CT molecular complexity index is 1170. The van der Waals surface area contributed by atoms with Gasteiger partial charge in [-0.05, 0) is 12.1 Å². The molecule has 2 fully saturated rings. The van der Waals surface area contributed by atoms with Crippen molar-refractivity contribution in [3.63, 3.8) is 0 Å². The number of aromatic nitrogens is 4. The Hall–Kier alpha value is -3.57. The van der Waals surface area contributed by atoms with Gasteiger partial charge in [0.05, 0.1) is 25.6 Å². The van der Waals surface area contributed by atoms with Gasteiger partial charge in [-0.3, -0.25) is 4.79 Å². The predicted molar refractivity (Wildman–Crippen MR) is 120 cm³/mol. The van der Waals surface area contributed by atoms with Crippen molar-refractivity contribution in [3.05, 3.63) is 30.6 Å². The van der Waals surface area contributed by atoms with Gasteiger partial charge in [-0.2, -0.15) is 0 Å². The quantitative estimate of drug-likeness (QED) is 0.517. The lowest BCUT2D eigenvalue weighted by Gasteiger charge is -2.31. The normalized spacial score (nSPS) is 19.1. The van der Waals surface area contributed by atoms with E-state index < -0.39 is 0 Å². The Morgan fingerprint density at radius 3 is 2.88 bits per heavy atom. The first-order chi connectivity index (χ1) is 16.1. The monoisotopic (exact) mass is 451 g/mol. The highest BCUT2D eigenvalue weighted by Gasteiger charge is 2.25. The number of phenolic OH excluding ortho intramolecular Hbond substituents is 1. The maximum Gasteiger partial charge on any atom is 0.242 e. The SMILES string of the molecule is O=CC1CN(C(=O)Cn2cnc3c(N4CCOCC4)nc(-c4cccc(O)c4)nc32)CCN1. The molecule has 0 saturated carbocycles. The molecular weight excluding hydrogens is 426 g/mol. The molecule has 11 heteroatoms. The van der Waals surface area contributed by atoms with Gasteiger partial charge in [-0.15, -0.1) is 0 Å². The van der Waals surface area contributed by atoms with Crippen LogP contribution in [0.25, 0.3) is 22.6 Å². The lowest BCUT2D eigenvalue weighted by Crippen LogP contribution is -2.53. The van der Waals surface area contributed by atoms with Crippen molar-refractivity contribution in [1.29, 1.82) is 0 Å². The number of phenols is 1. The van der Waals surface area contributed by atoms with Crippen LogP contribution in [0.15, 0.2) is 30.6 Å². The number of hydrogen-bond donors (Lipinski definition) is 2. The number of amides is 1. The third-order valence-corrected chi connectivity index (χ3v) is 5.89. The molecule has 0 spiro atoms. The number of anilines is 1. The molecule has 0 aliphatic carbocycles. The maximum atomic E-state index is 13.0. The topological polar surface area (TPSA) is 126 Å². The van der Waals surface area contributed by atoms with Gasteiger partial charge in [0.15, 0.2) is 22.8 Å². The van der Waals surface area contributed by atoms with Gasteiger partial charge >= 0.3 is 0 Å². The van der Waals surface area contributed by atoms with E-state index in [2.05, 4.69) is 15.2 Å². The van der Waals surface area contributed by atoms with Gasteiger partial charge in [-0.1, -0.05) is 12.1 Å². The first-order valence-electron chi connectivity index (χ1n) is 10.9. The van der Waals surface area contributed by atoms with E-state index in [1.807, 2.05) is 6.07 Å². The number of nitrogens with one attached hydrogen (secondary N) is 1. The van der Waals surface area contributed by atoms with Crippen LogP contribution in [0.5, 0.6) is 5.75 Å². The zero-order valence-corrected chi connectivity index (χ0v) is 18.1. The second-order valence-electron chi connectivity index (χ2n) is 8.10. The van der Waals surface area contributed by atoms with Crippen LogP contribution in [-0.2, 0) is 20.9 Å². The summed E-state index contributed by atoms with van der Waals surface area (Å²) in [6.45, 7) is 4.04. The van der Waals surface area contributed by atoms with E-state index in [1.54, 1.807) is 34.0 Å². The van der Waals surface area contributed by atoms with Gasteiger partial charge in [-0.25, -0.2) is 15.0 Å². The van der Waals surface area contributed by atoms with Crippen LogP contribution in [0.3, 0.4) is 0 Å².